The number of nitrogens with one attached hydrogen (secondary N) is 1. The summed E-state index contributed by atoms with van der Waals surface area (Å²) in [4.78, 5) is 10.5. The quantitative estimate of drug-likeness (QED) is 0.788. The number of ether oxygens (including phenoxy) is 1. The third-order valence-corrected chi connectivity index (χ3v) is 4.06. The SMILES string of the molecule is CC/C=C(\N)C(NC=O)c1ccccc1.CCC1CCOCC1. The van der Waals surface area contributed by atoms with Crippen LogP contribution in [0.2, 0.25) is 0 Å². The topological polar surface area (TPSA) is 64.3 Å². The molecule has 3 N–H and O–H groups in total. The number of carbonyl (C=O) groups is 1. The molecule has 1 saturated heterocycles. The molecule has 0 saturated carbocycles. The Labute approximate surface area is 140 Å². The zero-order valence-corrected chi connectivity index (χ0v) is 14.3. The molecule has 0 aromatic heterocycles. The first-order valence-corrected chi connectivity index (χ1v) is 8.50. The van der Waals surface area contributed by atoms with Crippen LogP contribution in [-0.4, -0.2) is 19.6 Å². The third kappa shape index (κ3) is 7.33. The van der Waals surface area contributed by atoms with Crippen LogP contribution in [0, 0.1) is 5.92 Å². The minimum Gasteiger partial charge on any atom is -0.400 e. The highest BCUT2D eigenvalue weighted by Crippen LogP contribution is 2.18. The molecule has 1 unspecified atom stereocenters. The molecule has 128 valence electrons. The van der Waals surface area contributed by atoms with Crippen LogP contribution < -0.4 is 11.1 Å². The van der Waals surface area contributed by atoms with Crippen molar-refractivity contribution in [3.8, 4) is 0 Å². The van der Waals surface area contributed by atoms with E-state index in [1.165, 1.54) is 19.3 Å². The molecule has 0 spiro atoms. The van der Waals surface area contributed by atoms with E-state index < -0.39 is 0 Å². The molecule has 23 heavy (non-hydrogen) atoms. The van der Waals surface area contributed by atoms with E-state index in [4.69, 9.17) is 10.5 Å². The van der Waals surface area contributed by atoms with Crippen molar-refractivity contribution in [1.29, 1.82) is 0 Å². The van der Waals surface area contributed by atoms with Gasteiger partial charge in [-0.2, -0.15) is 0 Å². The lowest BCUT2D eigenvalue weighted by Gasteiger charge is -2.19. The van der Waals surface area contributed by atoms with Gasteiger partial charge in [-0.25, -0.2) is 0 Å². The van der Waals surface area contributed by atoms with Gasteiger partial charge < -0.3 is 15.8 Å². The predicted molar refractivity (Wildman–Crippen MR) is 94.8 cm³/mol. The molecule has 1 aliphatic heterocycles. The number of nitrogens with two attached hydrogens (primary N) is 1. The monoisotopic (exact) mass is 318 g/mol. The fraction of sp³-hybridized carbons (Fsp3) is 0.526. The first-order chi connectivity index (χ1) is 11.2. The summed E-state index contributed by atoms with van der Waals surface area (Å²) in [7, 11) is 0. The lowest BCUT2D eigenvalue weighted by atomic mass is 9.98. The average molecular weight is 318 g/mol. The minimum atomic E-state index is -0.219. The van der Waals surface area contributed by atoms with E-state index in [-0.39, 0.29) is 6.04 Å². The highest BCUT2D eigenvalue weighted by atomic mass is 16.5. The number of hydrogen-bond acceptors (Lipinski definition) is 3. The van der Waals surface area contributed by atoms with E-state index in [1.807, 2.05) is 43.3 Å². The lowest BCUT2D eigenvalue weighted by Crippen LogP contribution is -2.25. The summed E-state index contributed by atoms with van der Waals surface area (Å²) >= 11 is 0. The summed E-state index contributed by atoms with van der Waals surface area (Å²) in [6, 6.07) is 9.45. The first-order valence-electron chi connectivity index (χ1n) is 8.50. The highest BCUT2D eigenvalue weighted by Gasteiger charge is 2.12. The molecule has 2 rings (SSSR count). The Hall–Kier alpha value is -1.81. The number of rotatable bonds is 6. The molecule has 1 aliphatic rings. The zero-order chi connectivity index (χ0) is 16.9. The maximum absolute atomic E-state index is 10.5. The number of allylic oxidation sites excluding steroid dienone is 1. The number of benzene rings is 1. The Kier molecular flexibility index (Phi) is 9.80. The van der Waals surface area contributed by atoms with Crippen molar-refractivity contribution in [3.63, 3.8) is 0 Å². The van der Waals surface area contributed by atoms with Crippen LogP contribution in [0.3, 0.4) is 0 Å². The van der Waals surface area contributed by atoms with Gasteiger partial charge in [0.25, 0.3) is 0 Å². The van der Waals surface area contributed by atoms with Gasteiger partial charge in [-0.1, -0.05) is 56.7 Å². The summed E-state index contributed by atoms with van der Waals surface area (Å²) in [5, 5.41) is 2.71. The minimum absolute atomic E-state index is 0.219. The molecule has 1 fully saturated rings. The Morgan fingerprint density at radius 3 is 2.43 bits per heavy atom. The normalized spacial score (nSPS) is 16.9. The molecule has 1 atom stereocenters. The summed E-state index contributed by atoms with van der Waals surface area (Å²) in [6.07, 6.45) is 7.36. The molecule has 4 heteroatoms. The molecule has 1 aromatic rings. The Balaban J connectivity index is 0.000000277. The molecule has 1 aromatic carbocycles. The second-order valence-electron chi connectivity index (χ2n) is 5.70. The Bertz CT molecular complexity index is 454. The fourth-order valence-electron chi connectivity index (χ4n) is 2.61. The maximum Gasteiger partial charge on any atom is 0.207 e. The van der Waals surface area contributed by atoms with Gasteiger partial charge in [0.15, 0.2) is 0 Å². The van der Waals surface area contributed by atoms with Gasteiger partial charge in [-0.05, 0) is 30.7 Å². The molecule has 1 heterocycles. The van der Waals surface area contributed by atoms with E-state index in [0.29, 0.717) is 12.1 Å². The van der Waals surface area contributed by atoms with Gasteiger partial charge in [-0.3, -0.25) is 4.79 Å². The Morgan fingerprint density at radius 2 is 1.96 bits per heavy atom. The zero-order valence-electron chi connectivity index (χ0n) is 14.3. The van der Waals surface area contributed by atoms with E-state index >= 15 is 0 Å². The van der Waals surface area contributed by atoms with Gasteiger partial charge in [0.1, 0.15) is 0 Å². The van der Waals surface area contributed by atoms with E-state index in [0.717, 1.165) is 31.1 Å². The predicted octanol–water partition coefficient (Wildman–Crippen LogP) is 3.55. The molecular formula is C19H30N2O2. The van der Waals surface area contributed by atoms with E-state index in [2.05, 4.69) is 12.2 Å². The van der Waals surface area contributed by atoms with Crippen molar-refractivity contribution >= 4 is 6.41 Å². The molecule has 1 amide bonds. The van der Waals surface area contributed by atoms with Crippen molar-refractivity contribution < 1.29 is 9.53 Å². The number of amides is 1. The summed E-state index contributed by atoms with van der Waals surface area (Å²) in [6.45, 7) is 6.27. The third-order valence-electron chi connectivity index (χ3n) is 4.06. The summed E-state index contributed by atoms with van der Waals surface area (Å²) < 4.78 is 5.20. The highest BCUT2D eigenvalue weighted by molar-refractivity contribution is 5.49. The van der Waals surface area contributed by atoms with Crippen LogP contribution in [0.5, 0.6) is 0 Å². The van der Waals surface area contributed by atoms with Crippen LogP contribution in [-0.2, 0) is 9.53 Å². The van der Waals surface area contributed by atoms with Gasteiger partial charge in [0.05, 0.1) is 6.04 Å². The number of hydrogen-bond donors (Lipinski definition) is 2. The van der Waals surface area contributed by atoms with Gasteiger partial charge in [0.2, 0.25) is 6.41 Å². The van der Waals surface area contributed by atoms with Gasteiger partial charge in [0, 0.05) is 18.9 Å². The van der Waals surface area contributed by atoms with Crippen LogP contribution in [0.25, 0.3) is 0 Å². The van der Waals surface area contributed by atoms with Crippen LogP contribution in [0.15, 0.2) is 42.1 Å². The van der Waals surface area contributed by atoms with Crippen molar-refractivity contribution in [1.82, 2.24) is 5.32 Å². The first kappa shape index (κ1) is 19.2. The second-order valence-corrected chi connectivity index (χ2v) is 5.70. The van der Waals surface area contributed by atoms with Crippen LogP contribution >= 0.6 is 0 Å². The standard InChI is InChI=1S/C12H16N2O.C7H14O/c1-2-6-11(13)12(14-9-15)10-7-4-3-5-8-10;1-2-7-3-5-8-6-4-7/h3-9,12H,2,13H2,1H3,(H,14,15);7H,2-6H2,1H3/b11-6-;. The van der Waals surface area contributed by atoms with Crippen LogP contribution in [0.1, 0.15) is 51.1 Å². The van der Waals surface area contributed by atoms with E-state index in [9.17, 15) is 4.79 Å². The molecule has 0 radical (unpaired) electrons. The van der Waals surface area contributed by atoms with Gasteiger partial charge >= 0.3 is 0 Å². The largest absolute Gasteiger partial charge is 0.400 e. The van der Waals surface area contributed by atoms with Crippen molar-refractivity contribution in [2.45, 2.75) is 45.6 Å². The average Bonchev–Trinajstić information content (AvgIpc) is 2.62. The second kappa shape index (κ2) is 11.7. The summed E-state index contributed by atoms with van der Waals surface area (Å²) in [5.41, 5.74) is 7.56. The van der Waals surface area contributed by atoms with Crippen molar-refractivity contribution in [2.24, 2.45) is 11.7 Å². The molecule has 0 bridgehead atoms. The maximum atomic E-state index is 10.5. The van der Waals surface area contributed by atoms with Crippen molar-refractivity contribution in [3.05, 3.63) is 47.7 Å². The summed E-state index contributed by atoms with van der Waals surface area (Å²) in [5.74, 6) is 0.962. The fourth-order valence-corrected chi connectivity index (χ4v) is 2.61. The van der Waals surface area contributed by atoms with Gasteiger partial charge in [-0.15, -0.1) is 0 Å². The molecule has 4 nitrogen and oxygen atoms in total. The molecule has 0 aliphatic carbocycles. The van der Waals surface area contributed by atoms with Crippen molar-refractivity contribution in [2.75, 3.05) is 13.2 Å². The smallest absolute Gasteiger partial charge is 0.207 e. The number of carbonyl (C=O) groups excluding carboxylic acids is 1. The Morgan fingerprint density at radius 1 is 1.30 bits per heavy atom. The molecular weight excluding hydrogens is 288 g/mol. The van der Waals surface area contributed by atoms with E-state index in [1.54, 1.807) is 0 Å². The van der Waals surface area contributed by atoms with Crippen LogP contribution in [0.4, 0.5) is 0 Å². The lowest BCUT2D eigenvalue weighted by molar-refractivity contribution is -0.110.